The fourth-order valence-electron chi connectivity index (χ4n) is 6.22. The molecular weight excluding hydrogens is 374 g/mol. The number of benzene rings is 2. The van der Waals surface area contributed by atoms with E-state index in [1.54, 1.807) is 0 Å². The Morgan fingerprint density at radius 2 is 1.80 bits per heavy atom. The second-order valence-corrected chi connectivity index (χ2v) is 9.74. The van der Waals surface area contributed by atoms with Crippen molar-refractivity contribution in [3.8, 4) is 0 Å². The molecule has 0 bridgehead atoms. The maximum Gasteiger partial charge on any atom is 0.134 e. The summed E-state index contributed by atoms with van der Waals surface area (Å²) in [7, 11) is 0. The zero-order valence-electron chi connectivity index (χ0n) is 18.6. The molecule has 2 heteroatoms. The highest BCUT2D eigenvalue weighted by Crippen LogP contribution is 2.49. The Labute approximate surface area is 180 Å². The second kappa shape index (κ2) is 9.62. The molecule has 4 atom stereocenters. The molecule has 0 nitrogen and oxygen atoms in total. The standard InChI is InChI=1S/C28H36F2/c1-3-5-6-8-20-11-13-24-17-25(27(29)18-26(24)28(20)30)23-14-12-21-15-19(7-4-2)9-10-22(21)16-23/h3,5,11,13,17-19,21-23H,4,6-10,12,14-16H2,1-2H3. The van der Waals surface area contributed by atoms with Crippen LogP contribution in [0.3, 0.4) is 0 Å². The third kappa shape index (κ3) is 4.48. The SMILES string of the molecule is CC=CCCc1ccc2cc(C3CCC4CC(CCC)CCC4C3)c(F)cc2c1F. The average molecular weight is 411 g/mol. The van der Waals surface area contributed by atoms with E-state index in [9.17, 15) is 4.39 Å². The highest BCUT2D eigenvalue weighted by molar-refractivity contribution is 5.85. The van der Waals surface area contributed by atoms with Gasteiger partial charge in [0, 0.05) is 5.39 Å². The van der Waals surface area contributed by atoms with Crippen LogP contribution in [0.2, 0.25) is 0 Å². The Hall–Kier alpha value is -1.70. The van der Waals surface area contributed by atoms with Crippen molar-refractivity contribution in [2.45, 2.75) is 84.0 Å². The minimum absolute atomic E-state index is 0.213. The molecule has 0 radical (unpaired) electrons. The van der Waals surface area contributed by atoms with Gasteiger partial charge in [-0.2, -0.15) is 0 Å². The predicted octanol–water partition coefficient (Wildman–Crippen LogP) is 8.73. The minimum Gasteiger partial charge on any atom is -0.207 e. The molecule has 30 heavy (non-hydrogen) atoms. The first-order valence-electron chi connectivity index (χ1n) is 12.1. The molecule has 0 spiro atoms. The van der Waals surface area contributed by atoms with Crippen LogP contribution in [0, 0.1) is 29.4 Å². The lowest BCUT2D eigenvalue weighted by Crippen LogP contribution is -2.30. The van der Waals surface area contributed by atoms with Crippen LogP contribution >= 0.6 is 0 Å². The van der Waals surface area contributed by atoms with Gasteiger partial charge in [0.1, 0.15) is 11.6 Å². The Kier molecular flexibility index (Phi) is 6.91. The van der Waals surface area contributed by atoms with Gasteiger partial charge in [-0.15, -0.1) is 0 Å². The molecular formula is C28H36F2. The predicted molar refractivity (Wildman–Crippen MR) is 123 cm³/mol. The summed E-state index contributed by atoms with van der Waals surface area (Å²) >= 11 is 0. The summed E-state index contributed by atoms with van der Waals surface area (Å²) in [6.45, 7) is 4.26. The fraction of sp³-hybridized carbons (Fsp3) is 0.571. The van der Waals surface area contributed by atoms with Crippen LogP contribution in [0.25, 0.3) is 10.8 Å². The van der Waals surface area contributed by atoms with Crippen molar-refractivity contribution in [1.29, 1.82) is 0 Å². The van der Waals surface area contributed by atoms with Gasteiger partial charge in [-0.05, 0) is 104 Å². The van der Waals surface area contributed by atoms with Gasteiger partial charge in [-0.3, -0.25) is 0 Å². The Balaban J connectivity index is 1.52. The highest BCUT2D eigenvalue weighted by atomic mass is 19.1. The van der Waals surface area contributed by atoms with Gasteiger partial charge in [0.05, 0.1) is 0 Å². The summed E-state index contributed by atoms with van der Waals surface area (Å²) < 4.78 is 30.1. The van der Waals surface area contributed by atoms with Crippen molar-refractivity contribution in [2.24, 2.45) is 17.8 Å². The quantitative estimate of drug-likeness (QED) is 0.418. The lowest BCUT2D eigenvalue weighted by atomic mass is 9.63. The van der Waals surface area contributed by atoms with E-state index in [1.807, 2.05) is 37.3 Å². The molecule has 0 heterocycles. The van der Waals surface area contributed by atoms with E-state index < -0.39 is 0 Å². The molecule has 0 amide bonds. The normalized spacial score (nSPS) is 26.9. The van der Waals surface area contributed by atoms with Gasteiger partial charge < -0.3 is 0 Å². The Bertz CT molecular complexity index is 897. The van der Waals surface area contributed by atoms with Crippen molar-refractivity contribution in [1.82, 2.24) is 0 Å². The molecule has 0 aromatic heterocycles. The molecule has 2 aliphatic carbocycles. The first-order valence-corrected chi connectivity index (χ1v) is 12.1. The lowest BCUT2D eigenvalue weighted by Gasteiger charge is -2.42. The van der Waals surface area contributed by atoms with E-state index >= 15 is 4.39 Å². The molecule has 2 aromatic rings. The van der Waals surface area contributed by atoms with Gasteiger partial charge in [-0.25, -0.2) is 8.78 Å². The molecule has 2 aromatic carbocycles. The maximum absolute atomic E-state index is 15.1. The molecule has 0 aliphatic heterocycles. The van der Waals surface area contributed by atoms with Gasteiger partial charge >= 0.3 is 0 Å². The highest BCUT2D eigenvalue weighted by Gasteiger charge is 2.36. The smallest absolute Gasteiger partial charge is 0.134 e. The van der Waals surface area contributed by atoms with Crippen LogP contribution in [0.15, 0.2) is 36.4 Å². The minimum atomic E-state index is -0.250. The van der Waals surface area contributed by atoms with Gasteiger partial charge in [0.25, 0.3) is 0 Å². The lowest BCUT2D eigenvalue weighted by molar-refractivity contribution is 0.113. The largest absolute Gasteiger partial charge is 0.207 e. The molecule has 162 valence electrons. The van der Waals surface area contributed by atoms with Crippen molar-refractivity contribution in [3.05, 3.63) is 59.2 Å². The van der Waals surface area contributed by atoms with E-state index in [1.165, 1.54) is 44.6 Å². The van der Waals surface area contributed by atoms with Crippen molar-refractivity contribution in [3.63, 3.8) is 0 Å². The van der Waals surface area contributed by atoms with Gasteiger partial charge in [-0.1, -0.05) is 50.5 Å². The van der Waals surface area contributed by atoms with E-state index in [0.717, 1.165) is 48.0 Å². The van der Waals surface area contributed by atoms with Gasteiger partial charge in [0.2, 0.25) is 0 Å². The number of hydrogen-bond acceptors (Lipinski definition) is 0. The van der Waals surface area contributed by atoms with E-state index in [2.05, 4.69) is 6.92 Å². The molecule has 4 unspecified atom stereocenters. The molecule has 0 N–H and O–H groups in total. The van der Waals surface area contributed by atoms with Crippen LogP contribution in [0.5, 0.6) is 0 Å². The summed E-state index contributed by atoms with van der Waals surface area (Å²) in [5, 5.41) is 1.27. The zero-order chi connectivity index (χ0) is 21.1. The summed E-state index contributed by atoms with van der Waals surface area (Å²) in [6, 6.07) is 7.27. The molecule has 0 saturated heterocycles. The molecule has 2 fully saturated rings. The first-order chi connectivity index (χ1) is 14.6. The topological polar surface area (TPSA) is 0 Å². The van der Waals surface area contributed by atoms with Crippen molar-refractivity contribution < 1.29 is 8.78 Å². The Morgan fingerprint density at radius 1 is 1.00 bits per heavy atom. The molecule has 2 aliphatic rings. The average Bonchev–Trinajstić information content (AvgIpc) is 2.75. The number of allylic oxidation sites excluding steroid dienone is 2. The summed E-state index contributed by atoms with van der Waals surface area (Å²) in [4.78, 5) is 0. The van der Waals surface area contributed by atoms with Crippen LogP contribution in [-0.2, 0) is 6.42 Å². The monoisotopic (exact) mass is 410 g/mol. The van der Waals surface area contributed by atoms with Gasteiger partial charge in [0.15, 0.2) is 0 Å². The first kappa shape index (κ1) is 21.5. The number of hydrogen-bond donors (Lipinski definition) is 0. The summed E-state index contributed by atoms with van der Waals surface area (Å²) in [5.41, 5.74) is 1.50. The van der Waals surface area contributed by atoms with E-state index in [4.69, 9.17) is 0 Å². The number of fused-ring (bicyclic) bond motifs is 2. The number of aryl methyl sites for hydroxylation is 1. The Morgan fingerprint density at radius 3 is 2.60 bits per heavy atom. The van der Waals surface area contributed by atoms with E-state index in [0.29, 0.717) is 17.4 Å². The summed E-state index contributed by atoms with van der Waals surface area (Å²) in [6.07, 6.45) is 15.6. The number of halogens is 2. The number of rotatable bonds is 6. The van der Waals surface area contributed by atoms with Crippen LogP contribution in [-0.4, -0.2) is 0 Å². The molecule has 2 saturated carbocycles. The van der Waals surface area contributed by atoms with E-state index in [-0.39, 0.29) is 17.6 Å². The van der Waals surface area contributed by atoms with Crippen molar-refractivity contribution in [2.75, 3.05) is 0 Å². The third-order valence-electron chi connectivity index (χ3n) is 7.83. The molecule has 4 rings (SSSR count). The van der Waals surface area contributed by atoms with Crippen molar-refractivity contribution >= 4 is 10.8 Å². The summed E-state index contributed by atoms with van der Waals surface area (Å²) in [5.74, 6) is 2.33. The van der Waals surface area contributed by atoms with Crippen LogP contribution in [0.4, 0.5) is 8.78 Å². The van der Waals surface area contributed by atoms with Crippen LogP contribution in [0.1, 0.15) is 88.7 Å². The fourth-order valence-corrected chi connectivity index (χ4v) is 6.22. The second-order valence-electron chi connectivity index (χ2n) is 9.74. The maximum atomic E-state index is 15.1. The van der Waals surface area contributed by atoms with Crippen LogP contribution < -0.4 is 0 Å². The zero-order valence-corrected chi connectivity index (χ0v) is 18.6. The third-order valence-corrected chi connectivity index (χ3v) is 7.83.